The zero-order valence-corrected chi connectivity index (χ0v) is 23.7. The Kier molecular flexibility index (Phi) is 6.01. The van der Waals surface area contributed by atoms with E-state index in [1.807, 2.05) is 24.3 Å². The summed E-state index contributed by atoms with van der Waals surface area (Å²) < 4.78 is 13.5. The average molecular weight is 552 g/mol. The van der Waals surface area contributed by atoms with E-state index in [-0.39, 0.29) is 24.4 Å². The predicted molar refractivity (Wildman–Crippen MR) is 159 cm³/mol. The van der Waals surface area contributed by atoms with E-state index in [2.05, 4.69) is 53.0 Å². The van der Waals surface area contributed by atoms with Crippen LogP contribution >= 0.6 is 0 Å². The van der Waals surface area contributed by atoms with Gasteiger partial charge in [-0.1, -0.05) is 6.07 Å². The van der Waals surface area contributed by atoms with E-state index in [4.69, 9.17) is 14.5 Å². The summed E-state index contributed by atoms with van der Waals surface area (Å²) in [5.41, 5.74) is 6.21. The van der Waals surface area contributed by atoms with Crippen LogP contribution in [0.2, 0.25) is 0 Å². The van der Waals surface area contributed by atoms with Gasteiger partial charge < -0.3 is 24.3 Å². The van der Waals surface area contributed by atoms with Gasteiger partial charge in [-0.15, -0.1) is 0 Å². The van der Waals surface area contributed by atoms with Crippen molar-refractivity contribution in [1.29, 1.82) is 0 Å². The highest BCUT2D eigenvalue weighted by Crippen LogP contribution is 2.49. The van der Waals surface area contributed by atoms with Crippen LogP contribution in [0.1, 0.15) is 43.9 Å². The van der Waals surface area contributed by atoms with Crippen LogP contribution in [0.5, 0.6) is 5.75 Å². The number of fused-ring (bicyclic) bond motifs is 1. The standard InChI is InChI=1S/C32H33N5O4/c1-18(2)36-16-23-28(30-26(17-37(19(3)38)32(30)39)33-24-6-5-7-27(36)29(23)24)22-14-20-8-9-21(40-4)15-25(20)34-31(22)35-10-12-41-13-11-35/h5-9,14-16,18,28,33H,10-13,17H2,1-4H3. The molecule has 7 rings (SSSR count). The maximum Gasteiger partial charge on any atom is 0.259 e. The van der Waals surface area contributed by atoms with Crippen LogP contribution in [-0.2, 0) is 14.3 Å². The smallest absolute Gasteiger partial charge is 0.259 e. The summed E-state index contributed by atoms with van der Waals surface area (Å²) in [7, 11) is 1.65. The molecule has 9 nitrogen and oxygen atoms in total. The second kappa shape index (κ2) is 9.62. The van der Waals surface area contributed by atoms with Crippen LogP contribution in [0.25, 0.3) is 21.8 Å². The Balaban J connectivity index is 1.55. The number of aromatic nitrogens is 2. The summed E-state index contributed by atoms with van der Waals surface area (Å²) >= 11 is 0. The van der Waals surface area contributed by atoms with E-state index in [1.165, 1.54) is 11.8 Å². The molecular weight excluding hydrogens is 518 g/mol. The maximum atomic E-state index is 14.1. The van der Waals surface area contributed by atoms with Gasteiger partial charge >= 0.3 is 0 Å². The Morgan fingerprint density at radius 2 is 1.93 bits per heavy atom. The van der Waals surface area contributed by atoms with Gasteiger partial charge in [-0.3, -0.25) is 14.5 Å². The van der Waals surface area contributed by atoms with Gasteiger partial charge in [0, 0.05) is 72.0 Å². The van der Waals surface area contributed by atoms with Gasteiger partial charge in [-0.2, -0.15) is 0 Å². The van der Waals surface area contributed by atoms with E-state index in [1.54, 1.807) is 7.11 Å². The van der Waals surface area contributed by atoms with Crippen molar-refractivity contribution in [2.24, 2.45) is 0 Å². The molecule has 0 aliphatic carbocycles. The number of rotatable bonds is 4. The number of imide groups is 1. The lowest BCUT2D eigenvalue weighted by molar-refractivity contribution is -0.139. The second-order valence-corrected chi connectivity index (χ2v) is 11.2. The van der Waals surface area contributed by atoms with Crippen LogP contribution in [0, 0.1) is 0 Å². The molecule has 2 amide bonds. The van der Waals surface area contributed by atoms with Crippen LogP contribution in [0.4, 0.5) is 11.5 Å². The number of carbonyl (C=O) groups excluding carboxylic acids is 2. The summed E-state index contributed by atoms with van der Waals surface area (Å²) in [4.78, 5) is 35.5. The van der Waals surface area contributed by atoms with Crippen molar-refractivity contribution in [2.75, 3.05) is 50.2 Å². The Labute approximate surface area is 238 Å². The number of nitrogens with one attached hydrogen (secondary N) is 1. The molecule has 9 heteroatoms. The first-order valence-electron chi connectivity index (χ1n) is 14.1. The third-order valence-electron chi connectivity index (χ3n) is 8.48. The lowest BCUT2D eigenvalue weighted by Crippen LogP contribution is -2.38. The number of morpholine rings is 1. The summed E-state index contributed by atoms with van der Waals surface area (Å²) in [6, 6.07) is 14.5. The third-order valence-corrected chi connectivity index (χ3v) is 8.48. The zero-order valence-electron chi connectivity index (χ0n) is 23.7. The molecule has 1 atom stereocenters. The minimum atomic E-state index is -0.433. The first-order chi connectivity index (χ1) is 19.9. The minimum Gasteiger partial charge on any atom is -0.497 e. The maximum absolute atomic E-state index is 14.1. The van der Waals surface area contributed by atoms with Gasteiger partial charge in [0.05, 0.1) is 43.5 Å². The van der Waals surface area contributed by atoms with Crippen molar-refractivity contribution in [3.05, 3.63) is 71.1 Å². The van der Waals surface area contributed by atoms with Gasteiger partial charge in [0.1, 0.15) is 11.6 Å². The number of methoxy groups -OCH3 is 1. The average Bonchev–Trinajstić information content (AvgIpc) is 3.48. The molecule has 1 unspecified atom stereocenters. The van der Waals surface area contributed by atoms with Gasteiger partial charge in [0.15, 0.2) is 0 Å². The van der Waals surface area contributed by atoms with Crippen LogP contribution < -0.4 is 15.0 Å². The molecule has 5 heterocycles. The van der Waals surface area contributed by atoms with Crippen molar-refractivity contribution in [1.82, 2.24) is 14.5 Å². The number of hydrogen-bond donors (Lipinski definition) is 1. The van der Waals surface area contributed by atoms with Crippen molar-refractivity contribution in [3.63, 3.8) is 0 Å². The Bertz CT molecular complexity index is 1770. The van der Waals surface area contributed by atoms with E-state index in [0.717, 1.165) is 55.9 Å². The minimum absolute atomic E-state index is 0.212. The summed E-state index contributed by atoms with van der Waals surface area (Å²) in [6.07, 6.45) is 2.19. The predicted octanol–water partition coefficient (Wildman–Crippen LogP) is 4.82. The normalized spacial score (nSPS) is 18.8. The fourth-order valence-corrected chi connectivity index (χ4v) is 6.50. The number of hydrogen-bond acceptors (Lipinski definition) is 7. The van der Waals surface area contributed by atoms with E-state index < -0.39 is 5.92 Å². The molecule has 3 aliphatic rings. The molecule has 0 spiro atoms. The van der Waals surface area contributed by atoms with Crippen LogP contribution in [-0.4, -0.2) is 66.2 Å². The van der Waals surface area contributed by atoms with Gasteiger partial charge in [0.2, 0.25) is 5.91 Å². The van der Waals surface area contributed by atoms with E-state index in [0.29, 0.717) is 31.9 Å². The highest BCUT2D eigenvalue weighted by Gasteiger charge is 2.43. The highest BCUT2D eigenvalue weighted by molar-refractivity contribution is 6.11. The lowest BCUT2D eigenvalue weighted by Gasteiger charge is -2.32. The zero-order chi connectivity index (χ0) is 28.4. The highest BCUT2D eigenvalue weighted by atomic mass is 16.5. The molecule has 210 valence electrons. The molecule has 2 aromatic heterocycles. The molecule has 3 aliphatic heterocycles. The van der Waals surface area contributed by atoms with Crippen molar-refractivity contribution >= 4 is 45.1 Å². The molecule has 0 saturated carbocycles. The molecular formula is C32H33N5O4. The monoisotopic (exact) mass is 551 g/mol. The summed E-state index contributed by atoms with van der Waals surface area (Å²) in [6.45, 7) is 8.59. The number of amides is 2. The molecule has 41 heavy (non-hydrogen) atoms. The first kappa shape index (κ1) is 25.6. The SMILES string of the molecule is COc1ccc2cc(C3C4=C(CN(C(C)=O)C4=O)Nc4cccc5c4c3cn5C(C)C)c(N3CCOCC3)nc2c1. The molecule has 1 fully saturated rings. The number of carbonyl (C=O) groups is 2. The molecule has 0 radical (unpaired) electrons. The van der Waals surface area contributed by atoms with Gasteiger partial charge in [-0.25, -0.2) is 4.98 Å². The number of benzene rings is 2. The summed E-state index contributed by atoms with van der Waals surface area (Å²) in [5.74, 6) is 0.606. The quantitative estimate of drug-likeness (QED) is 0.389. The molecule has 1 N–H and O–H groups in total. The Morgan fingerprint density at radius 3 is 2.66 bits per heavy atom. The van der Waals surface area contributed by atoms with E-state index >= 15 is 0 Å². The third kappa shape index (κ3) is 3.98. The van der Waals surface area contributed by atoms with Gasteiger partial charge in [-0.05, 0) is 49.7 Å². The van der Waals surface area contributed by atoms with E-state index in [9.17, 15) is 9.59 Å². The van der Waals surface area contributed by atoms with Crippen molar-refractivity contribution < 1.29 is 19.1 Å². The largest absolute Gasteiger partial charge is 0.497 e. The molecule has 2 aromatic carbocycles. The second-order valence-electron chi connectivity index (χ2n) is 11.2. The van der Waals surface area contributed by atoms with Crippen molar-refractivity contribution in [2.45, 2.75) is 32.7 Å². The molecule has 4 aromatic rings. The van der Waals surface area contributed by atoms with Gasteiger partial charge in [0.25, 0.3) is 5.91 Å². The van der Waals surface area contributed by atoms with Crippen LogP contribution in [0.15, 0.2) is 59.9 Å². The number of pyridine rings is 1. The molecule has 1 saturated heterocycles. The number of nitrogens with zero attached hydrogens (tertiary/aromatic N) is 4. The fraction of sp³-hybridized carbons (Fsp3) is 0.344. The van der Waals surface area contributed by atoms with Crippen molar-refractivity contribution in [3.8, 4) is 5.75 Å². The summed E-state index contributed by atoms with van der Waals surface area (Å²) in [5, 5.41) is 5.63. The number of ether oxygens (including phenoxy) is 2. The number of anilines is 2. The van der Waals surface area contributed by atoms with Crippen LogP contribution in [0.3, 0.4) is 0 Å². The Hall–Kier alpha value is -4.37. The first-order valence-corrected chi connectivity index (χ1v) is 14.1. The Morgan fingerprint density at radius 1 is 1.12 bits per heavy atom. The lowest BCUT2D eigenvalue weighted by atomic mass is 9.83. The molecule has 0 bridgehead atoms. The fourth-order valence-electron chi connectivity index (χ4n) is 6.50. The topological polar surface area (TPSA) is 88.9 Å².